The van der Waals surface area contributed by atoms with Gasteiger partial charge in [0, 0.05) is 36.2 Å². The van der Waals surface area contributed by atoms with Crippen molar-refractivity contribution in [3.8, 4) is 0 Å². The zero-order valence-electron chi connectivity index (χ0n) is 15.8. The molecule has 25 heavy (non-hydrogen) atoms. The molecular formula is C19H29BN2O3. The Morgan fingerprint density at radius 2 is 1.84 bits per heavy atom. The van der Waals surface area contributed by atoms with Gasteiger partial charge < -0.3 is 14.6 Å². The van der Waals surface area contributed by atoms with E-state index in [1.165, 1.54) is 12.8 Å². The number of hydrogen-bond donors (Lipinski definition) is 1. The summed E-state index contributed by atoms with van der Waals surface area (Å²) < 4.78 is 12.1. The molecule has 5 nitrogen and oxygen atoms in total. The van der Waals surface area contributed by atoms with Crippen LogP contribution in [0.25, 0.3) is 0 Å². The number of rotatable bonds is 5. The molecule has 0 spiro atoms. The lowest BCUT2D eigenvalue weighted by Gasteiger charge is -2.32. The zero-order chi connectivity index (χ0) is 18.1. The molecule has 2 aliphatic rings. The fourth-order valence-corrected chi connectivity index (χ4v) is 3.35. The van der Waals surface area contributed by atoms with Crippen molar-refractivity contribution in [2.75, 3.05) is 6.54 Å². The van der Waals surface area contributed by atoms with Gasteiger partial charge in [-0.15, -0.1) is 0 Å². The highest BCUT2D eigenvalue weighted by Gasteiger charge is 2.51. The molecule has 0 aromatic carbocycles. The molecule has 6 heteroatoms. The van der Waals surface area contributed by atoms with Crippen LogP contribution in [0.2, 0.25) is 0 Å². The first-order valence-electron chi connectivity index (χ1n) is 9.37. The van der Waals surface area contributed by atoms with Crippen molar-refractivity contribution in [1.29, 1.82) is 0 Å². The van der Waals surface area contributed by atoms with Crippen LogP contribution in [0.15, 0.2) is 18.3 Å². The molecule has 2 fully saturated rings. The summed E-state index contributed by atoms with van der Waals surface area (Å²) in [6.45, 7) is 8.81. The number of nitrogens with zero attached hydrogens (tertiary/aromatic N) is 1. The monoisotopic (exact) mass is 344 g/mol. The normalized spacial score (nSPS) is 22.3. The molecule has 1 N–H and O–H groups in total. The van der Waals surface area contributed by atoms with Gasteiger partial charge in [0.25, 0.3) is 0 Å². The Morgan fingerprint density at radius 3 is 2.40 bits per heavy atom. The molecular weight excluding hydrogens is 315 g/mol. The SMILES string of the molecule is CC1(C)OB(c2ccc(CCNC(=O)C3CCCC3)nc2)OC1(C)C. The number of carbonyl (C=O) groups excluding carboxylic acids is 1. The van der Waals surface area contributed by atoms with Gasteiger partial charge in [-0.2, -0.15) is 0 Å². The molecule has 0 atom stereocenters. The summed E-state index contributed by atoms with van der Waals surface area (Å²) in [4.78, 5) is 16.5. The Bertz CT molecular complexity index is 594. The van der Waals surface area contributed by atoms with Crippen molar-refractivity contribution in [1.82, 2.24) is 10.3 Å². The predicted octanol–water partition coefficient (Wildman–Crippen LogP) is 2.23. The molecule has 1 aliphatic heterocycles. The van der Waals surface area contributed by atoms with Gasteiger partial charge in [-0.05, 0) is 46.6 Å². The minimum Gasteiger partial charge on any atom is -0.399 e. The van der Waals surface area contributed by atoms with Crippen LogP contribution in [-0.2, 0) is 20.5 Å². The van der Waals surface area contributed by atoms with Crippen molar-refractivity contribution in [2.45, 2.75) is 71.0 Å². The van der Waals surface area contributed by atoms with Crippen molar-refractivity contribution in [2.24, 2.45) is 5.92 Å². The smallest absolute Gasteiger partial charge is 0.399 e. The van der Waals surface area contributed by atoms with Gasteiger partial charge in [0.05, 0.1) is 11.2 Å². The van der Waals surface area contributed by atoms with Crippen LogP contribution in [0.4, 0.5) is 0 Å². The molecule has 1 aliphatic carbocycles. The van der Waals surface area contributed by atoms with E-state index in [-0.39, 0.29) is 30.1 Å². The maximum Gasteiger partial charge on any atom is 0.496 e. The molecule has 3 rings (SSSR count). The highest BCUT2D eigenvalue weighted by Crippen LogP contribution is 2.36. The number of aromatic nitrogens is 1. The summed E-state index contributed by atoms with van der Waals surface area (Å²) in [5.74, 6) is 0.421. The Labute approximate surface area is 151 Å². The molecule has 1 amide bonds. The fraction of sp³-hybridized carbons (Fsp3) is 0.684. The zero-order valence-corrected chi connectivity index (χ0v) is 15.8. The van der Waals surface area contributed by atoms with Crippen LogP contribution in [-0.4, -0.2) is 35.8 Å². The van der Waals surface area contributed by atoms with Crippen LogP contribution in [0.3, 0.4) is 0 Å². The number of hydrogen-bond acceptors (Lipinski definition) is 4. The average Bonchev–Trinajstić information content (AvgIpc) is 3.15. The molecule has 1 aromatic heterocycles. The maximum atomic E-state index is 12.0. The van der Waals surface area contributed by atoms with E-state index in [1.807, 2.05) is 46.0 Å². The van der Waals surface area contributed by atoms with Crippen LogP contribution in [0.5, 0.6) is 0 Å². The molecule has 2 heterocycles. The van der Waals surface area contributed by atoms with Gasteiger partial charge in [-0.3, -0.25) is 9.78 Å². The summed E-state index contributed by atoms with van der Waals surface area (Å²) in [6.07, 6.45) is 6.98. The van der Waals surface area contributed by atoms with E-state index >= 15 is 0 Å². The molecule has 0 unspecified atom stereocenters. The Kier molecular flexibility index (Phi) is 5.21. The van der Waals surface area contributed by atoms with Gasteiger partial charge in [0.2, 0.25) is 5.91 Å². The Balaban J connectivity index is 1.50. The molecule has 136 valence electrons. The van der Waals surface area contributed by atoms with Crippen LogP contribution >= 0.6 is 0 Å². The summed E-state index contributed by atoms with van der Waals surface area (Å²) in [6, 6.07) is 3.99. The highest BCUT2D eigenvalue weighted by molar-refractivity contribution is 6.62. The maximum absolute atomic E-state index is 12.0. The van der Waals surface area contributed by atoms with E-state index in [4.69, 9.17) is 9.31 Å². The quantitative estimate of drug-likeness (QED) is 0.832. The van der Waals surface area contributed by atoms with Crippen LogP contribution in [0, 0.1) is 5.92 Å². The second-order valence-corrected chi connectivity index (χ2v) is 8.19. The molecule has 1 aromatic rings. The molecule has 1 saturated carbocycles. The van der Waals surface area contributed by atoms with Gasteiger partial charge in [-0.1, -0.05) is 18.9 Å². The summed E-state index contributed by atoms with van der Waals surface area (Å²) in [7, 11) is -0.381. The Morgan fingerprint density at radius 1 is 1.20 bits per heavy atom. The number of pyridine rings is 1. The third kappa shape index (κ3) is 4.06. The lowest BCUT2D eigenvalue weighted by molar-refractivity contribution is -0.124. The number of carbonyl (C=O) groups is 1. The van der Waals surface area contributed by atoms with Crippen LogP contribution < -0.4 is 10.8 Å². The van der Waals surface area contributed by atoms with Gasteiger partial charge in [0.15, 0.2) is 0 Å². The lowest BCUT2D eigenvalue weighted by atomic mass is 9.80. The summed E-state index contributed by atoms with van der Waals surface area (Å²) in [5.41, 5.74) is 1.20. The van der Waals surface area contributed by atoms with E-state index in [1.54, 1.807) is 0 Å². The van der Waals surface area contributed by atoms with E-state index in [0.717, 1.165) is 30.4 Å². The van der Waals surface area contributed by atoms with Gasteiger partial charge in [0.1, 0.15) is 0 Å². The van der Waals surface area contributed by atoms with Crippen molar-refractivity contribution < 1.29 is 14.1 Å². The summed E-state index contributed by atoms with van der Waals surface area (Å²) >= 11 is 0. The number of nitrogens with one attached hydrogen (secondary N) is 1. The third-order valence-corrected chi connectivity index (χ3v) is 5.78. The standard InChI is InChI=1S/C19H29BN2O3/c1-18(2)19(3,4)25-20(24-18)15-9-10-16(22-13-15)11-12-21-17(23)14-7-5-6-8-14/h9-10,13-14H,5-8,11-12H2,1-4H3,(H,21,23). The van der Waals surface area contributed by atoms with Crippen molar-refractivity contribution in [3.05, 3.63) is 24.0 Å². The van der Waals surface area contributed by atoms with Crippen molar-refractivity contribution in [3.63, 3.8) is 0 Å². The minimum atomic E-state index is -0.381. The first kappa shape index (κ1) is 18.4. The van der Waals surface area contributed by atoms with Gasteiger partial charge in [-0.25, -0.2) is 0 Å². The van der Waals surface area contributed by atoms with E-state index in [0.29, 0.717) is 6.54 Å². The second-order valence-electron chi connectivity index (χ2n) is 8.19. The lowest BCUT2D eigenvalue weighted by Crippen LogP contribution is -2.41. The Hall–Kier alpha value is -1.40. The van der Waals surface area contributed by atoms with E-state index < -0.39 is 0 Å². The van der Waals surface area contributed by atoms with E-state index in [2.05, 4.69) is 10.3 Å². The topological polar surface area (TPSA) is 60.5 Å². The first-order valence-corrected chi connectivity index (χ1v) is 9.37. The van der Waals surface area contributed by atoms with Crippen molar-refractivity contribution >= 4 is 18.5 Å². The molecule has 0 bridgehead atoms. The highest BCUT2D eigenvalue weighted by atomic mass is 16.7. The largest absolute Gasteiger partial charge is 0.496 e. The number of amides is 1. The third-order valence-electron chi connectivity index (χ3n) is 5.78. The van der Waals surface area contributed by atoms with Crippen LogP contribution in [0.1, 0.15) is 59.1 Å². The predicted molar refractivity (Wildman–Crippen MR) is 98.6 cm³/mol. The molecule has 0 radical (unpaired) electrons. The minimum absolute atomic E-state index is 0.200. The first-order chi connectivity index (χ1) is 11.8. The van der Waals surface area contributed by atoms with Gasteiger partial charge >= 0.3 is 7.12 Å². The fourth-order valence-electron chi connectivity index (χ4n) is 3.35. The molecule has 1 saturated heterocycles. The summed E-state index contributed by atoms with van der Waals surface area (Å²) in [5, 5.41) is 3.04. The van der Waals surface area contributed by atoms with E-state index in [9.17, 15) is 4.79 Å². The second kappa shape index (κ2) is 7.08. The average molecular weight is 344 g/mol.